The maximum absolute atomic E-state index is 13.6. The summed E-state index contributed by atoms with van der Waals surface area (Å²) in [4.78, 5) is 10.3. The first-order valence-electron chi connectivity index (χ1n) is 8.85. The van der Waals surface area contributed by atoms with Gasteiger partial charge in [-0.25, -0.2) is 14.4 Å². The fraction of sp³-hybridized carbons (Fsp3) is 0.474. The van der Waals surface area contributed by atoms with Crippen molar-refractivity contribution in [2.75, 3.05) is 19.6 Å². The quantitative estimate of drug-likeness (QED) is 0.322. The molecule has 1 aromatic carbocycles. The predicted molar refractivity (Wildman–Crippen MR) is 121 cm³/mol. The number of rotatable bonds is 8. The summed E-state index contributed by atoms with van der Waals surface area (Å²) in [5.74, 6) is 0.617. The van der Waals surface area contributed by atoms with Crippen LogP contribution in [0.2, 0.25) is 0 Å². The molecule has 0 saturated heterocycles. The van der Waals surface area contributed by atoms with Crippen molar-refractivity contribution in [1.82, 2.24) is 15.6 Å². The van der Waals surface area contributed by atoms with E-state index in [0.717, 1.165) is 36.2 Å². The van der Waals surface area contributed by atoms with Crippen molar-refractivity contribution in [1.29, 1.82) is 0 Å². The highest BCUT2D eigenvalue weighted by atomic mass is 127. The van der Waals surface area contributed by atoms with E-state index in [9.17, 15) is 4.39 Å². The fourth-order valence-electron chi connectivity index (χ4n) is 2.29. The highest BCUT2D eigenvalue weighted by molar-refractivity contribution is 14.0. The van der Waals surface area contributed by atoms with Crippen molar-refractivity contribution >= 4 is 41.3 Å². The maximum Gasteiger partial charge on any atom is 0.191 e. The minimum absolute atomic E-state index is 0. The zero-order valence-corrected chi connectivity index (χ0v) is 19.4. The Balaban J connectivity index is 0.00000364. The number of nitrogens with zero attached hydrogens (tertiary/aromatic N) is 2. The van der Waals surface area contributed by atoms with Crippen LogP contribution in [0.25, 0.3) is 0 Å². The van der Waals surface area contributed by atoms with E-state index in [2.05, 4.69) is 27.5 Å². The van der Waals surface area contributed by atoms with E-state index in [4.69, 9.17) is 4.74 Å². The SMILES string of the molecule is CCNC(=NCC(C)Oc1ccccc1F)NCCc1nc(C)c(C)s1.I. The molecule has 0 amide bonds. The molecule has 1 heterocycles. The third-order valence-corrected chi connectivity index (χ3v) is 4.85. The van der Waals surface area contributed by atoms with E-state index in [1.807, 2.05) is 20.8 Å². The van der Waals surface area contributed by atoms with Crippen molar-refractivity contribution < 1.29 is 9.13 Å². The molecule has 150 valence electrons. The fourth-order valence-corrected chi connectivity index (χ4v) is 3.22. The van der Waals surface area contributed by atoms with Crippen LogP contribution in [0, 0.1) is 19.7 Å². The summed E-state index contributed by atoms with van der Waals surface area (Å²) in [6.45, 7) is 9.96. The Hall–Kier alpha value is -1.42. The number of para-hydroxylation sites is 1. The van der Waals surface area contributed by atoms with Crippen molar-refractivity contribution in [3.05, 3.63) is 45.7 Å². The summed E-state index contributed by atoms with van der Waals surface area (Å²) in [7, 11) is 0. The number of nitrogens with one attached hydrogen (secondary N) is 2. The molecule has 0 saturated carbocycles. The number of aryl methyl sites for hydroxylation is 2. The molecule has 2 rings (SSSR count). The smallest absolute Gasteiger partial charge is 0.191 e. The molecule has 0 spiro atoms. The number of aliphatic imine (C=N–C) groups is 1. The minimum Gasteiger partial charge on any atom is -0.486 e. The molecule has 5 nitrogen and oxygen atoms in total. The lowest BCUT2D eigenvalue weighted by Gasteiger charge is -2.15. The number of thiazole rings is 1. The first-order valence-corrected chi connectivity index (χ1v) is 9.67. The second-order valence-corrected chi connectivity index (χ2v) is 7.29. The van der Waals surface area contributed by atoms with Crippen LogP contribution in [0.1, 0.15) is 29.4 Å². The Labute approximate surface area is 181 Å². The van der Waals surface area contributed by atoms with Crippen LogP contribution in [0.4, 0.5) is 4.39 Å². The van der Waals surface area contributed by atoms with Crippen LogP contribution in [-0.4, -0.2) is 36.7 Å². The Morgan fingerprint density at radius 1 is 1.30 bits per heavy atom. The molecule has 0 bridgehead atoms. The number of benzene rings is 1. The third-order valence-electron chi connectivity index (χ3n) is 3.72. The molecule has 8 heteroatoms. The van der Waals surface area contributed by atoms with Crippen LogP contribution in [0.15, 0.2) is 29.3 Å². The van der Waals surface area contributed by atoms with E-state index in [1.165, 1.54) is 10.9 Å². The summed E-state index contributed by atoms with van der Waals surface area (Å²) in [5.41, 5.74) is 1.10. The van der Waals surface area contributed by atoms with Gasteiger partial charge in [0.1, 0.15) is 6.10 Å². The molecule has 0 radical (unpaired) electrons. The molecule has 0 aliphatic carbocycles. The highest BCUT2D eigenvalue weighted by Crippen LogP contribution is 2.17. The number of guanidine groups is 1. The molecular formula is C19H28FIN4OS. The zero-order valence-electron chi connectivity index (χ0n) is 16.2. The first-order chi connectivity index (χ1) is 12.5. The molecular weight excluding hydrogens is 478 g/mol. The van der Waals surface area contributed by atoms with Gasteiger partial charge in [0.2, 0.25) is 0 Å². The van der Waals surface area contributed by atoms with Gasteiger partial charge in [-0.2, -0.15) is 0 Å². The van der Waals surface area contributed by atoms with Gasteiger partial charge in [-0.1, -0.05) is 12.1 Å². The van der Waals surface area contributed by atoms with Gasteiger partial charge in [-0.15, -0.1) is 35.3 Å². The Bertz CT molecular complexity index is 719. The lowest BCUT2D eigenvalue weighted by molar-refractivity contribution is 0.220. The topological polar surface area (TPSA) is 58.5 Å². The van der Waals surface area contributed by atoms with Gasteiger partial charge in [-0.3, -0.25) is 0 Å². The minimum atomic E-state index is -0.359. The molecule has 27 heavy (non-hydrogen) atoms. The van der Waals surface area contributed by atoms with Crippen LogP contribution in [0.3, 0.4) is 0 Å². The number of halogens is 2. The lowest BCUT2D eigenvalue weighted by atomic mass is 10.3. The van der Waals surface area contributed by atoms with Gasteiger partial charge in [-0.05, 0) is 39.8 Å². The van der Waals surface area contributed by atoms with E-state index < -0.39 is 0 Å². The normalized spacial score (nSPS) is 12.3. The molecule has 2 N–H and O–H groups in total. The van der Waals surface area contributed by atoms with Gasteiger partial charge in [0.25, 0.3) is 0 Å². The average Bonchev–Trinajstić information content (AvgIpc) is 2.92. The van der Waals surface area contributed by atoms with Crippen LogP contribution >= 0.6 is 35.3 Å². The molecule has 0 aliphatic heterocycles. The van der Waals surface area contributed by atoms with Crippen LogP contribution in [-0.2, 0) is 6.42 Å². The average molecular weight is 506 g/mol. The maximum atomic E-state index is 13.6. The van der Waals surface area contributed by atoms with E-state index in [0.29, 0.717) is 6.54 Å². The van der Waals surface area contributed by atoms with Gasteiger partial charge in [0.05, 0.1) is 17.2 Å². The predicted octanol–water partition coefficient (Wildman–Crippen LogP) is 4.08. The molecule has 2 aromatic rings. The summed E-state index contributed by atoms with van der Waals surface area (Å²) in [6.07, 6.45) is 0.622. The Kier molecular flexibility index (Phi) is 10.6. The number of aromatic nitrogens is 1. The van der Waals surface area contributed by atoms with Gasteiger partial charge in [0.15, 0.2) is 17.5 Å². The number of hydrogen-bond donors (Lipinski definition) is 2. The van der Waals surface area contributed by atoms with Crippen molar-refractivity contribution in [3.63, 3.8) is 0 Å². The second kappa shape index (κ2) is 12.1. The standard InChI is InChI=1S/C19H27FN4OS.HI/c1-5-21-19(22-11-10-18-24-14(3)15(4)26-18)23-12-13(2)25-17-9-7-6-8-16(17)20;/h6-9,13H,5,10-12H2,1-4H3,(H2,21,22,23);1H. The van der Waals surface area contributed by atoms with Crippen molar-refractivity contribution in [2.45, 2.75) is 40.2 Å². The summed E-state index contributed by atoms with van der Waals surface area (Å²) >= 11 is 1.73. The molecule has 1 unspecified atom stereocenters. The summed E-state index contributed by atoms with van der Waals surface area (Å²) in [5, 5.41) is 7.64. The van der Waals surface area contributed by atoms with Gasteiger partial charge in [0, 0.05) is 24.4 Å². The summed E-state index contributed by atoms with van der Waals surface area (Å²) in [6, 6.07) is 6.40. The Morgan fingerprint density at radius 3 is 2.67 bits per heavy atom. The van der Waals surface area contributed by atoms with E-state index in [1.54, 1.807) is 29.5 Å². The molecule has 0 aliphatic rings. The van der Waals surface area contributed by atoms with Crippen molar-refractivity contribution in [2.24, 2.45) is 4.99 Å². The van der Waals surface area contributed by atoms with Crippen LogP contribution < -0.4 is 15.4 Å². The number of hydrogen-bond acceptors (Lipinski definition) is 4. The Morgan fingerprint density at radius 2 is 2.04 bits per heavy atom. The van der Waals surface area contributed by atoms with E-state index >= 15 is 0 Å². The van der Waals surface area contributed by atoms with E-state index in [-0.39, 0.29) is 41.6 Å². The molecule has 1 atom stereocenters. The highest BCUT2D eigenvalue weighted by Gasteiger charge is 2.08. The summed E-state index contributed by atoms with van der Waals surface area (Å²) < 4.78 is 19.3. The lowest BCUT2D eigenvalue weighted by Crippen LogP contribution is -2.39. The zero-order chi connectivity index (χ0) is 18.9. The van der Waals surface area contributed by atoms with Crippen molar-refractivity contribution in [3.8, 4) is 5.75 Å². The number of ether oxygens (including phenoxy) is 1. The van der Waals surface area contributed by atoms with Crippen LogP contribution in [0.5, 0.6) is 5.75 Å². The van der Waals surface area contributed by atoms with Gasteiger partial charge < -0.3 is 15.4 Å². The molecule has 1 aromatic heterocycles. The van der Waals surface area contributed by atoms with Gasteiger partial charge >= 0.3 is 0 Å². The third kappa shape index (κ3) is 8.00. The molecule has 0 fully saturated rings. The monoisotopic (exact) mass is 506 g/mol. The largest absolute Gasteiger partial charge is 0.486 e. The second-order valence-electron chi connectivity index (χ2n) is 6.00. The first kappa shape index (κ1) is 23.6.